The molecule has 152 valence electrons. The summed E-state index contributed by atoms with van der Waals surface area (Å²) >= 11 is 0. The van der Waals surface area contributed by atoms with Gasteiger partial charge in [0.25, 0.3) is 11.8 Å². The molecular formula is C23H26N2O4. The smallest absolute Gasteiger partial charge is 0.254 e. The maximum atomic E-state index is 12.9. The first kappa shape index (κ1) is 19.3. The molecule has 1 saturated heterocycles. The van der Waals surface area contributed by atoms with Gasteiger partial charge in [-0.2, -0.15) is 0 Å². The van der Waals surface area contributed by atoms with Crippen LogP contribution >= 0.6 is 0 Å². The van der Waals surface area contributed by atoms with Gasteiger partial charge in [-0.05, 0) is 74.2 Å². The van der Waals surface area contributed by atoms with Crippen LogP contribution in [0.15, 0.2) is 48.5 Å². The van der Waals surface area contributed by atoms with Crippen molar-refractivity contribution in [1.29, 1.82) is 0 Å². The highest BCUT2D eigenvalue weighted by molar-refractivity contribution is 5.95. The minimum absolute atomic E-state index is 0.0193. The number of amides is 2. The van der Waals surface area contributed by atoms with Crippen molar-refractivity contribution in [1.82, 2.24) is 10.2 Å². The van der Waals surface area contributed by atoms with Crippen LogP contribution in [0.3, 0.4) is 0 Å². The van der Waals surface area contributed by atoms with E-state index < -0.39 is 0 Å². The zero-order chi connectivity index (χ0) is 20.2. The van der Waals surface area contributed by atoms with E-state index in [9.17, 15) is 9.59 Å². The highest BCUT2D eigenvalue weighted by Gasteiger charge is 2.30. The predicted molar refractivity (Wildman–Crippen MR) is 109 cm³/mol. The maximum Gasteiger partial charge on any atom is 0.254 e. The predicted octanol–water partition coefficient (Wildman–Crippen LogP) is 3.27. The van der Waals surface area contributed by atoms with Crippen molar-refractivity contribution in [2.45, 2.75) is 37.8 Å². The summed E-state index contributed by atoms with van der Waals surface area (Å²) in [4.78, 5) is 26.8. The summed E-state index contributed by atoms with van der Waals surface area (Å²) in [5.41, 5.74) is 1.30. The van der Waals surface area contributed by atoms with Crippen LogP contribution in [-0.2, 0) is 0 Å². The van der Waals surface area contributed by atoms with Crippen LogP contribution in [0.5, 0.6) is 11.5 Å². The Morgan fingerprint density at radius 1 is 0.966 bits per heavy atom. The Kier molecular flexibility index (Phi) is 5.69. The molecule has 2 aromatic rings. The molecule has 1 aliphatic heterocycles. The number of carbonyl (C=O) groups excluding carboxylic acids is 2. The molecule has 2 aliphatic rings. The molecule has 2 aromatic carbocycles. The molecule has 29 heavy (non-hydrogen) atoms. The Hall–Kier alpha value is -3.02. The van der Waals surface area contributed by atoms with E-state index in [0.717, 1.165) is 38.0 Å². The Balaban J connectivity index is 1.33. The number of benzene rings is 2. The van der Waals surface area contributed by atoms with Crippen LogP contribution in [-0.4, -0.2) is 49.1 Å². The second kappa shape index (κ2) is 8.55. The summed E-state index contributed by atoms with van der Waals surface area (Å²) in [6.07, 6.45) is 4.03. The first-order valence-corrected chi connectivity index (χ1v) is 10.1. The van der Waals surface area contributed by atoms with Crippen molar-refractivity contribution in [2.24, 2.45) is 0 Å². The van der Waals surface area contributed by atoms with Crippen molar-refractivity contribution in [2.75, 3.05) is 20.3 Å². The fourth-order valence-corrected chi connectivity index (χ4v) is 3.57. The average Bonchev–Trinajstić information content (AvgIpc) is 3.45. The Morgan fingerprint density at radius 3 is 2.28 bits per heavy atom. The number of nitrogens with one attached hydrogen (secondary N) is 1. The third-order valence-corrected chi connectivity index (χ3v) is 5.45. The zero-order valence-corrected chi connectivity index (χ0v) is 16.6. The summed E-state index contributed by atoms with van der Waals surface area (Å²) < 4.78 is 11.1. The van der Waals surface area contributed by atoms with E-state index in [2.05, 4.69) is 5.32 Å². The van der Waals surface area contributed by atoms with E-state index >= 15 is 0 Å². The third-order valence-electron chi connectivity index (χ3n) is 5.45. The van der Waals surface area contributed by atoms with Crippen LogP contribution in [0.25, 0.3) is 0 Å². The van der Waals surface area contributed by atoms with Crippen molar-refractivity contribution in [3.63, 3.8) is 0 Å². The van der Waals surface area contributed by atoms with Crippen LogP contribution in [0.2, 0.25) is 0 Å². The summed E-state index contributed by atoms with van der Waals surface area (Å²) in [6.45, 7) is 1.18. The molecule has 1 heterocycles. The normalized spacial score (nSPS) is 18.4. The zero-order valence-electron chi connectivity index (χ0n) is 16.6. The lowest BCUT2D eigenvalue weighted by Gasteiger charge is -2.25. The van der Waals surface area contributed by atoms with Gasteiger partial charge in [-0.25, -0.2) is 0 Å². The summed E-state index contributed by atoms with van der Waals surface area (Å²) in [5.74, 6) is 1.42. The van der Waals surface area contributed by atoms with E-state index in [1.165, 1.54) is 0 Å². The van der Waals surface area contributed by atoms with E-state index in [-0.39, 0.29) is 17.9 Å². The first-order chi connectivity index (χ1) is 14.1. The van der Waals surface area contributed by atoms with Crippen LogP contribution in [0.1, 0.15) is 46.4 Å². The van der Waals surface area contributed by atoms with Crippen molar-refractivity contribution < 1.29 is 19.1 Å². The Bertz CT molecular complexity index is 859. The number of nitrogens with zero attached hydrogens (tertiary/aromatic N) is 1. The highest BCUT2D eigenvalue weighted by Crippen LogP contribution is 2.23. The molecule has 0 bridgehead atoms. The second-order valence-electron chi connectivity index (χ2n) is 7.61. The number of methoxy groups -OCH3 is 1. The molecule has 0 spiro atoms. The number of hydrogen-bond acceptors (Lipinski definition) is 4. The molecule has 4 rings (SSSR count). The van der Waals surface area contributed by atoms with E-state index in [0.29, 0.717) is 29.5 Å². The highest BCUT2D eigenvalue weighted by atomic mass is 16.5. The number of likely N-dealkylation sites (tertiary alicyclic amines) is 1. The maximum absolute atomic E-state index is 12.9. The van der Waals surface area contributed by atoms with Gasteiger partial charge >= 0.3 is 0 Å². The summed E-state index contributed by atoms with van der Waals surface area (Å²) in [5, 5.41) is 2.98. The van der Waals surface area contributed by atoms with E-state index in [1.807, 2.05) is 17.0 Å². The van der Waals surface area contributed by atoms with Crippen molar-refractivity contribution in [3.05, 3.63) is 59.7 Å². The van der Waals surface area contributed by atoms with Crippen molar-refractivity contribution >= 4 is 11.8 Å². The molecule has 6 nitrogen and oxygen atoms in total. The standard InChI is InChI=1S/C23H26N2O4/c1-28-20-10-6-17(7-11-20)23(27)25-14-2-3-19(25)15-29-21-12-4-16(5-13-21)22(26)24-18-8-9-18/h4-7,10-13,18-19H,2-3,8-9,14-15H2,1H3,(H,24,26)/t19-/m1/s1. The van der Waals surface area contributed by atoms with Gasteiger partial charge in [-0.15, -0.1) is 0 Å². The molecular weight excluding hydrogens is 368 g/mol. The molecule has 2 amide bonds. The lowest BCUT2D eigenvalue weighted by Crippen LogP contribution is -2.39. The molecule has 1 atom stereocenters. The van der Waals surface area contributed by atoms with Gasteiger partial charge in [-0.3, -0.25) is 9.59 Å². The van der Waals surface area contributed by atoms with Crippen molar-refractivity contribution in [3.8, 4) is 11.5 Å². The molecule has 1 saturated carbocycles. The van der Waals surface area contributed by atoms with E-state index in [1.54, 1.807) is 43.5 Å². The van der Waals surface area contributed by atoms with Gasteiger partial charge in [-0.1, -0.05) is 0 Å². The number of carbonyl (C=O) groups is 2. The molecule has 2 fully saturated rings. The second-order valence-corrected chi connectivity index (χ2v) is 7.61. The van der Waals surface area contributed by atoms with Gasteiger partial charge in [0, 0.05) is 23.7 Å². The van der Waals surface area contributed by atoms with Gasteiger partial charge in [0.15, 0.2) is 0 Å². The number of hydrogen-bond donors (Lipinski definition) is 1. The fraction of sp³-hybridized carbons (Fsp3) is 0.391. The average molecular weight is 394 g/mol. The molecule has 0 aromatic heterocycles. The Morgan fingerprint density at radius 2 is 1.62 bits per heavy atom. The largest absolute Gasteiger partial charge is 0.497 e. The SMILES string of the molecule is COc1ccc(C(=O)N2CCC[C@@H]2COc2ccc(C(=O)NC3CC3)cc2)cc1. The summed E-state index contributed by atoms with van der Waals surface area (Å²) in [7, 11) is 1.61. The van der Waals surface area contributed by atoms with E-state index in [4.69, 9.17) is 9.47 Å². The molecule has 0 radical (unpaired) electrons. The lowest BCUT2D eigenvalue weighted by molar-refractivity contribution is 0.0691. The minimum atomic E-state index is -0.0360. The lowest BCUT2D eigenvalue weighted by atomic mass is 10.1. The quantitative estimate of drug-likeness (QED) is 0.783. The minimum Gasteiger partial charge on any atom is -0.497 e. The third kappa shape index (κ3) is 4.70. The molecule has 6 heteroatoms. The fourth-order valence-electron chi connectivity index (χ4n) is 3.57. The van der Waals surface area contributed by atoms with Crippen LogP contribution < -0.4 is 14.8 Å². The van der Waals surface area contributed by atoms with Gasteiger partial charge in [0.05, 0.1) is 13.2 Å². The Labute approximate surface area is 170 Å². The first-order valence-electron chi connectivity index (χ1n) is 10.1. The summed E-state index contributed by atoms with van der Waals surface area (Å²) in [6, 6.07) is 14.8. The number of rotatable bonds is 7. The topological polar surface area (TPSA) is 67.9 Å². The molecule has 1 aliphatic carbocycles. The number of ether oxygens (including phenoxy) is 2. The van der Waals surface area contributed by atoms with Gasteiger partial charge in [0.2, 0.25) is 0 Å². The van der Waals surface area contributed by atoms with Crippen LogP contribution in [0.4, 0.5) is 0 Å². The molecule has 1 N–H and O–H groups in total. The van der Waals surface area contributed by atoms with Crippen LogP contribution in [0, 0.1) is 0 Å². The monoisotopic (exact) mass is 394 g/mol. The van der Waals surface area contributed by atoms with Gasteiger partial charge < -0.3 is 19.7 Å². The van der Waals surface area contributed by atoms with Gasteiger partial charge in [0.1, 0.15) is 18.1 Å². The molecule has 0 unspecified atom stereocenters.